The van der Waals surface area contributed by atoms with Crippen LogP contribution in [0, 0.1) is 11.8 Å². The van der Waals surface area contributed by atoms with Crippen LogP contribution in [0.3, 0.4) is 0 Å². The van der Waals surface area contributed by atoms with Crippen molar-refractivity contribution in [3.8, 4) is 11.5 Å². The Morgan fingerprint density at radius 2 is 0.760 bits per heavy atom. The molecule has 0 aliphatic heterocycles. The summed E-state index contributed by atoms with van der Waals surface area (Å²) in [5.74, 6) is -5.23. The molecule has 2 aromatic carbocycles. The minimum atomic E-state index is -1.04. The summed E-state index contributed by atoms with van der Waals surface area (Å²) in [7, 11) is 0. The van der Waals surface area contributed by atoms with Gasteiger partial charge in [-0.2, -0.15) is 0 Å². The molecule has 0 aliphatic rings. The Morgan fingerprint density at radius 3 is 0.960 bits per heavy atom. The molecule has 0 spiro atoms. The van der Waals surface area contributed by atoms with E-state index in [1.807, 2.05) is 107 Å². The molecular weight excluding hydrogens is 636 g/mol. The Bertz CT molecular complexity index is 1380. The summed E-state index contributed by atoms with van der Waals surface area (Å²) >= 11 is 0. The van der Waals surface area contributed by atoms with Gasteiger partial charge < -0.3 is 31.1 Å². The summed E-state index contributed by atoms with van der Waals surface area (Å²) < 4.78 is 0. The third-order valence-electron chi connectivity index (χ3n) is 9.00. The molecule has 10 heteroatoms. The fourth-order valence-corrected chi connectivity index (χ4v) is 5.99. The van der Waals surface area contributed by atoms with Crippen molar-refractivity contribution in [2.75, 3.05) is 13.1 Å². The molecule has 0 saturated carbocycles. The number of benzene rings is 2. The second-order valence-corrected chi connectivity index (χ2v) is 17.6. The molecule has 0 fully saturated rings. The second-order valence-electron chi connectivity index (χ2n) is 17.6. The van der Waals surface area contributed by atoms with E-state index in [0.29, 0.717) is 0 Å². The lowest BCUT2D eigenvalue weighted by Crippen LogP contribution is -2.41. The van der Waals surface area contributed by atoms with Crippen LogP contribution in [0.25, 0.3) is 0 Å². The van der Waals surface area contributed by atoms with Gasteiger partial charge in [0.2, 0.25) is 0 Å². The van der Waals surface area contributed by atoms with Gasteiger partial charge in [0, 0.05) is 13.1 Å². The maximum Gasteiger partial charge on any atom is 0.309 e. The highest BCUT2D eigenvalue weighted by molar-refractivity contribution is 6.35. The number of phenols is 2. The average molecular weight is 697 g/mol. The van der Waals surface area contributed by atoms with Gasteiger partial charge >= 0.3 is 23.8 Å². The third-order valence-corrected chi connectivity index (χ3v) is 9.00. The lowest BCUT2D eigenvalue weighted by Gasteiger charge is -2.28. The normalized spacial score (nSPS) is 13.8. The van der Waals surface area contributed by atoms with E-state index in [4.69, 9.17) is 0 Å². The van der Waals surface area contributed by atoms with Crippen molar-refractivity contribution in [2.45, 2.75) is 130 Å². The number of phenolic OH excluding ortho intramolecular Hbond substituents is 2. The quantitative estimate of drug-likeness (QED) is 0.137. The molecule has 0 unspecified atom stereocenters. The lowest BCUT2D eigenvalue weighted by atomic mass is 9.77. The number of amides is 2. The number of rotatable bonds is 12. The molecule has 2 atom stereocenters. The first-order valence-corrected chi connectivity index (χ1v) is 17.4. The second kappa shape index (κ2) is 15.9. The van der Waals surface area contributed by atoms with Crippen molar-refractivity contribution in [3.63, 3.8) is 0 Å². The molecule has 0 heterocycles. The van der Waals surface area contributed by atoms with E-state index < -0.39 is 35.6 Å². The van der Waals surface area contributed by atoms with Gasteiger partial charge in [-0.15, -0.1) is 0 Å². The number of carbonyl (C=O) groups excluding carboxylic acids is 2. The first kappa shape index (κ1) is 42.1. The molecule has 50 heavy (non-hydrogen) atoms. The van der Waals surface area contributed by atoms with E-state index >= 15 is 0 Å². The summed E-state index contributed by atoms with van der Waals surface area (Å²) in [4.78, 5) is 49.5. The zero-order valence-corrected chi connectivity index (χ0v) is 32.1. The Balaban J connectivity index is 2.05. The fourth-order valence-electron chi connectivity index (χ4n) is 5.99. The molecule has 2 amide bonds. The Labute approximate surface area is 298 Å². The molecule has 2 rings (SSSR count). The van der Waals surface area contributed by atoms with Crippen molar-refractivity contribution in [2.24, 2.45) is 11.8 Å². The molecule has 10 nitrogen and oxygen atoms in total. The first-order valence-electron chi connectivity index (χ1n) is 17.4. The van der Waals surface area contributed by atoms with Crippen LogP contribution >= 0.6 is 0 Å². The van der Waals surface area contributed by atoms with Crippen LogP contribution in [-0.4, -0.2) is 57.3 Å². The van der Waals surface area contributed by atoms with Gasteiger partial charge in [-0.25, -0.2) is 0 Å². The van der Waals surface area contributed by atoms with E-state index in [1.54, 1.807) is 0 Å². The van der Waals surface area contributed by atoms with Gasteiger partial charge in [-0.05, 0) is 80.7 Å². The lowest BCUT2D eigenvalue weighted by molar-refractivity contribution is -0.143. The Morgan fingerprint density at radius 1 is 0.520 bits per heavy atom. The van der Waals surface area contributed by atoms with E-state index in [2.05, 4.69) is 10.6 Å². The molecule has 0 radical (unpaired) electrons. The monoisotopic (exact) mass is 696 g/mol. The van der Waals surface area contributed by atoms with Crippen LogP contribution in [0.4, 0.5) is 0 Å². The third kappa shape index (κ3) is 11.5. The highest BCUT2D eigenvalue weighted by Gasteiger charge is 2.30. The minimum absolute atomic E-state index is 0.0512. The maximum absolute atomic E-state index is 12.6. The van der Waals surface area contributed by atoms with E-state index in [9.17, 15) is 39.6 Å². The Kier molecular flexibility index (Phi) is 13.3. The highest BCUT2D eigenvalue weighted by atomic mass is 16.4. The average Bonchev–Trinajstić information content (AvgIpc) is 2.94. The van der Waals surface area contributed by atoms with E-state index in [-0.39, 0.29) is 71.9 Å². The van der Waals surface area contributed by atoms with Gasteiger partial charge in [0.15, 0.2) is 0 Å². The van der Waals surface area contributed by atoms with Crippen molar-refractivity contribution >= 4 is 23.8 Å². The van der Waals surface area contributed by atoms with Gasteiger partial charge in [0.25, 0.3) is 0 Å². The van der Waals surface area contributed by atoms with E-state index in [1.165, 1.54) is 0 Å². The van der Waals surface area contributed by atoms with Crippen LogP contribution in [0.15, 0.2) is 24.3 Å². The summed E-state index contributed by atoms with van der Waals surface area (Å²) in [6, 6.07) is 7.36. The van der Waals surface area contributed by atoms with Crippen molar-refractivity contribution in [3.05, 3.63) is 57.6 Å². The topological polar surface area (TPSA) is 173 Å². The van der Waals surface area contributed by atoms with Crippen LogP contribution < -0.4 is 10.6 Å². The van der Waals surface area contributed by atoms with Crippen LogP contribution in [-0.2, 0) is 53.7 Å². The predicted molar refractivity (Wildman–Crippen MR) is 196 cm³/mol. The zero-order chi connectivity index (χ0) is 38.6. The molecule has 0 aliphatic carbocycles. The number of carbonyl (C=O) groups is 4. The number of nitrogens with one attached hydrogen (secondary N) is 2. The largest absolute Gasteiger partial charge is 0.507 e. The summed E-state index contributed by atoms with van der Waals surface area (Å²) in [5, 5.41) is 46.9. The number of hydrogen-bond donors (Lipinski definition) is 6. The number of carboxylic acids is 2. The van der Waals surface area contributed by atoms with E-state index in [0.717, 1.165) is 33.4 Å². The van der Waals surface area contributed by atoms with Crippen molar-refractivity contribution < 1.29 is 39.6 Å². The van der Waals surface area contributed by atoms with Crippen LogP contribution in [0.2, 0.25) is 0 Å². The number of carboxylic acid groups (broad SMARTS) is 2. The van der Waals surface area contributed by atoms with Crippen molar-refractivity contribution in [1.82, 2.24) is 10.6 Å². The maximum atomic E-state index is 12.6. The number of aliphatic carboxylic acids is 2. The molecule has 278 valence electrons. The SMILES string of the molecule is CC(C)(C)c1cc(C[C@H](CCNC(=O)C(=O)NCC[C@@H](Cc2cc(C(C)(C)C)c(O)c(C(C)(C)C)c2)C(=O)O)C(=O)O)cc(C(C)(C)C)c1O. The smallest absolute Gasteiger partial charge is 0.309 e. The van der Waals surface area contributed by atoms with Gasteiger partial charge in [0.05, 0.1) is 11.8 Å². The standard InChI is InChI=1S/C40H60N2O8/c1-37(2,3)27-19-23(20-28(31(27)43)38(4,5)6)17-25(35(47)48)13-15-41-33(45)34(46)42-16-14-26(36(49)50)18-24-21-29(39(7,8)9)32(44)30(22-24)40(10,11)12/h19-22,25-26,43-44H,13-18H2,1-12H3,(H,41,45)(H,42,46)(H,47,48)(H,49,50)/t25-,26-/m0/s1. The fraction of sp³-hybridized carbons (Fsp3) is 0.600. The van der Waals surface area contributed by atoms with Gasteiger partial charge in [-0.3, -0.25) is 19.2 Å². The molecular formula is C40H60N2O8. The molecule has 0 bridgehead atoms. The minimum Gasteiger partial charge on any atom is -0.507 e. The zero-order valence-electron chi connectivity index (χ0n) is 32.1. The number of hydrogen-bond acceptors (Lipinski definition) is 6. The molecule has 2 aromatic rings. The molecule has 0 aromatic heterocycles. The first-order chi connectivity index (χ1) is 22.6. The predicted octanol–water partition coefficient (Wildman–Crippen LogP) is 6.49. The summed E-state index contributed by atoms with van der Waals surface area (Å²) in [5.41, 5.74) is 2.95. The highest BCUT2D eigenvalue weighted by Crippen LogP contribution is 2.41. The van der Waals surface area contributed by atoms with Crippen LogP contribution in [0.5, 0.6) is 11.5 Å². The van der Waals surface area contributed by atoms with Gasteiger partial charge in [0.1, 0.15) is 11.5 Å². The van der Waals surface area contributed by atoms with Crippen molar-refractivity contribution in [1.29, 1.82) is 0 Å². The summed E-state index contributed by atoms with van der Waals surface area (Å²) in [6.07, 6.45) is 0.503. The van der Waals surface area contributed by atoms with Crippen LogP contribution in [0.1, 0.15) is 129 Å². The van der Waals surface area contributed by atoms with Gasteiger partial charge in [-0.1, -0.05) is 107 Å². The molecule has 0 saturated heterocycles. The summed E-state index contributed by atoms with van der Waals surface area (Å²) in [6.45, 7) is 23.7. The molecule has 6 N–H and O–H groups in total. The Hall–Kier alpha value is -4.08. The number of aromatic hydroxyl groups is 2.